The van der Waals surface area contributed by atoms with E-state index in [2.05, 4.69) is 26.2 Å². The van der Waals surface area contributed by atoms with E-state index in [1.807, 2.05) is 43.3 Å². The van der Waals surface area contributed by atoms with Crippen LogP contribution in [0.1, 0.15) is 39.0 Å². The number of nitrogens with one attached hydrogen (secondary N) is 3. The summed E-state index contributed by atoms with van der Waals surface area (Å²) in [6.45, 7) is 2.49. The van der Waals surface area contributed by atoms with Gasteiger partial charge >= 0.3 is 5.69 Å². The van der Waals surface area contributed by atoms with Gasteiger partial charge in [-0.05, 0) is 48.2 Å². The molecule has 3 heterocycles. The number of nitrogens with zero attached hydrogens (tertiary/aromatic N) is 2. The van der Waals surface area contributed by atoms with Crippen molar-refractivity contribution in [3.05, 3.63) is 81.2 Å². The average molecular weight is 403 g/mol. The molecule has 152 valence electrons. The van der Waals surface area contributed by atoms with Crippen molar-refractivity contribution >= 4 is 16.8 Å². The molecule has 1 aliphatic heterocycles. The topological polar surface area (TPSA) is 107 Å². The second-order valence-corrected chi connectivity index (χ2v) is 7.47. The summed E-state index contributed by atoms with van der Waals surface area (Å²) >= 11 is 0. The number of rotatable bonds is 3. The minimum atomic E-state index is -0.501. The quantitative estimate of drug-likeness (QED) is 0.489. The van der Waals surface area contributed by atoms with Crippen LogP contribution in [0.5, 0.6) is 5.75 Å². The summed E-state index contributed by atoms with van der Waals surface area (Å²) in [6.07, 6.45) is 0.714. The van der Waals surface area contributed by atoms with Gasteiger partial charge in [0, 0.05) is 23.1 Å². The fraction of sp³-hybridized carbons (Fsp3) is 0.227. The van der Waals surface area contributed by atoms with Crippen molar-refractivity contribution in [1.82, 2.24) is 25.1 Å². The zero-order chi connectivity index (χ0) is 20.8. The largest absolute Gasteiger partial charge is 0.496 e. The minimum Gasteiger partial charge on any atom is -0.496 e. The third-order valence-corrected chi connectivity index (χ3v) is 5.73. The van der Waals surface area contributed by atoms with Crippen molar-refractivity contribution in [2.45, 2.75) is 19.4 Å². The molecule has 2 aromatic carbocycles. The van der Waals surface area contributed by atoms with E-state index in [9.17, 15) is 9.59 Å². The summed E-state index contributed by atoms with van der Waals surface area (Å²) < 4.78 is 5.41. The standard InChI is InChI=1S/C22H21N5O3/c1-12-11-13(7-8-17(12)30-2)19-18-15(14-5-3-4-6-16(14)23-18)9-10-27(19)21(28)20-24-22(29)26-25-20/h3-8,11,19,23H,9-10H2,1-2H3,(H2,24,25,26,29)/t19-/m0/s1. The molecule has 2 aromatic heterocycles. The average Bonchev–Trinajstić information content (AvgIpc) is 3.36. The predicted molar refractivity (Wildman–Crippen MR) is 112 cm³/mol. The van der Waals surface area contributed by atoms with Crippen LogP contribution >= 0.6 is 0 Å². The van der Waals surface area contributed by atoms with Crippen molar-refractivity contribution < 1.29 is 9.53 Å². The molecule has 0 bridgehead atoms. The maximum absolute atomic E-state index is 13.3. The molecule has 0 spiro atoms. The first-order valence-corrected chi connectivity index (χ1v) is 9.76. The molecule has 1 atom stereocenters. The Morgan fingerprint density at radius 3 is 2.77 bits per heavy atom. The van der Waals surface area contributed by atoms with E-state index in [4.69, 9.17) is 4.74 Å². The molecule has 5 rings (SSSR count). The first kappa shape index (κ1) is 18.2. The number of aromatic amines is 3. The number of aromatic nitrogens is 4. The lowest BCUT2D eigenvalue weighted by molar-refractivity contribution is 0.0679. The van der Waals surface area contributed by atoms with Crippen molar-refractivity contribution in [2.24, 2.45) is 0 Å². The molecular formula is C22H21N5O3. The Hall–Kier alpha value is -3.81. The zero-order valence-corrected chi connectivity index (χ0v) is 16.7. The number of carbonyl (C=O) groups excluding carboxylic acids is 1. The van der Waals surface area contributed by atoms with Crippen LogP contribution in [0.2, 0.25) is 0 Å². The fourth-order valence-electron chi connectivity index (χ4n) is 4.39. The monoisotopic (exact) mass is 403 g/mol. The lowest BCUT2D eigenvalue weighted by Crippen LogP contribution is -2.41. The van der Waals surface area contributed by atoms with E-state index in [1.165, 1.54) is 10.9 Å². The fourth-order valence-corrected chi connectivity index (χ4v) is 4.39. The maximum Gasteiger partial charge on any atom is 0.341 e. The molecule has 30 heavy (non-hydrogen) atoms. The Balaban J connectivity index is 1.68. The van der Waals surface area contributed by atoms with Gasteiger partial charge in [-0.1, -0.05) is 24.3 Å². The van der Waals surface area contributed by atoms with E-state index in [1.54, 1.807) is 12.0 Å². The normalized spacial score (nSPS) is 15.9. The van der Waals surface area contributed by atoms with Crippen LogP contribution < -0.4 is 10.4 Å². The highest BCUT2D eigenvalue weighted by Gasteiger charge is 2.36. The predicted octanol–water partition coefficient (Wildman–Crippen LogP) is 2.68. The SMILES string of the molecule is COc1ccc([C@H]2c3[nH]c4ccccc4c3CCN2C(=O)c2n[nH]c(=O)[nH]2)cc1C. The molecule has 1 aliphatic rings. The number of methoxy groups -OCH3 is 1. The van der Waals surface area contributed by atoms with E-state index in [0.29, 0.717) is 13.0 Å². The molecule has 0 aliphatic carbocycles. The van der Waals surface area contributed by atoms with Crippen LogP contribution in [0, 0.1) is 6.92 Å². The minimum absolute atomic E-state index is 0.00907. The van der Waals surface area contributed by atoms with E-state index in [0.717, 1.165) is 28.1 Å². The number of benzene rings is 2. The molecule has 4 aromatic rings. The molecule has 0 saturated heterocycles. The Morgan fingerprint density at radius 2 is 2.03 bits per heavy atom. The van der Waals surface area contributed by atoms with E-state index < -0.39 is 5.69 Å². The van der Waals surface area contributed by atoms with Crippen LogP contribution in [0.3, 0.4) is 0 Å². The number of aryl methyl sites for hydroxylation is 1. The summed E-state index contributed by atoms with van der Waals surface area (Å²) in [5.74, 6) is 0.479. The molecule has 8 nitrogen and oxygen atoms in total. The summed E-state index contributed by atoms with van der Waals surface area (Å²) in [4.78, 5) is 32.5. The maximum atomic E-state index is 13.3. The van der Waals surface area contributed by atoms with Gasteiger partial charge in [-0.25, -0.2) is 9.89 Å². The third-order valence-electron chi connectivity index (χ3n) is 5.73. The van der Waals surface area contributed by atoms with Gasteiger partial charge in [-0.2, -0.15) is 0 Å². The molecule has 0 unspecified atom stereocenters. The van der Waals surface area contributed by atoms with Gasteiger partial charge in [-0.15, -0.1) is 5.10 Å². The van der Waals surface area contributed by atoms with Crippen LogP contribution in [0.25, 0.3) is 10.9 Å². The van der Waals surface area contributed by atoms with Gasteiger partial charge in [-0.3, -0.25) is 9.78 Å². The first-order chi connectivity index (χ1) is 14.6. The number of hydrogen-bond donors (Lipinski definition) is 3. The number of H-pyrrole nitrogens is 3. The lowest BCUT2D eigenvalue weighted by Gasteiger charge is -2.36. The Labute approximate surface area is 171 Å². The molecule has 8 heteroatoms. The summed E-state index contributed by atoms with van der Waals surface area (Å²) in [7, 11) is 1.64. The van der Waals surface area contributed by atoms with Crippen LogP contribution in [-0.2, 0) is 6.42 Å². The number of para-hydroxylation sites is 1. The van der Waals surface area contributed by atoms with E-state index >= 15 is 0 Å². The zero-order valence-electron chi connectivity index (χ0n) is 16.7. The van der Waals surface area contributed by atoms with Crippen LogP contribution in [-0.4, -0.2) is 44.6 Å². The molecule has 1 amide bonds. The number of amides is 1. The molecule has 3 N–H and O–H groups in total. The Morgan fingerprint density at radius 1 is 1.20 bits per heavy atom. The van der Waals surface area contributed by atoms with Crippen LogP contribution in [0.4, 0.5) is 0 Å². The van der Waals surface area contributed by atoms with Gasteiger partial charge in [0.15, 0.2) is 0 Å². The second kappa shape index (κ2) is 6.91. The van der Waals surface area contributed by atoms with Crippen molar-refractivity contribution in [2.75, 3.05) is 13.7 Å². The summed E-state index contributed by atoms with van der Waals surface area (Å²) in [5.41, 5.74) is 4.69. The summed E-state index contributed by atoms with van der Waals surface area (Å²) in [6, 6.07) is 13.8. The smallest absolute Gasteiger partial charge is 0.341 e. The third kappa shape index (κ3) is 2.80. The van der Waals surface area contributed by atoms with Gasteiger partial charge < -0.3 is 14.6 Å². The number of hydrogen-bond acceptors (Lipinski definition) is 4. The highest BCUT2D eigenvalue weighted by molar-refractivity contribution is 5.92. The van der Waals surface area contributed by atoms with Gasteiger partial charge in [0.2, 0.25) is 5.82 Å². The Bertz CT molecular complexity index is 1320. The van der Waals surface area contributed by atoms with Crippen molar-refractivity contribution in [3.63, 3.8) is 0 Å². The van der Waals surface area contributed by atoms with Gasteiger partial charge in [0.25, 0.3) is 5.91 Å². The highest BCUT2D eigenvalue weighted by atomic mass is 16.5. The highest BCUT2D eigenvalue weighted by Crippen LogP contribution is 2.39. The molecule has 0 radical (unpaired) electrons. The number of ether oxygens (including phenoxy) is 1. The van der Waals surface area contributed by atoms with Crippen molar-refractivity contribution in [1.29, 1.82) is 0 Å². The van der Waals surface area contributed by atoms with Gasteiger partial charge in [0.05, 0.1) is 13.2 Å². The van der Waals surface area contributed by atoms with Crippen molar-refractivity contribution in [3.8, 4) is 5.75 Å². The lowest BCUT2D eigenvalue weighted by atomic mass is 9.91. The molecular weight excluding hydrogens is 382 g/mol. The van der Waals surface area contributed by atoms with Crippen LogP contribution in [0.15, 0.2) is 47.3 Å². The summed E-state index contributed by atoms with van der Waals surface area (Å²) in [5, 5.41) is 7.29. The number of fused-ring (bicyclic) bond motifs is 3. The molecule has 0 fully saturated rings. The Kier molecular flexibility index (Phi) is 4.20. The number of carbonyl (C=O) groups is 1. The van der Waals surface area contributed by atoms with E-state index in [-0.39, 0.29) is 17.8 Å². The first-order valence-electron chi connectivity index (χ1n) is 9.76. The molecule has 0 saturated carbocycles. The van der Waals surface area contributed by atoms with Gasteiger partial charge in [0.1, 0.15) is 5.75 Å². The second-order valence-electron chi connectivity index (χ2n) is 7.47.